The largest absolute Gasteiger partial charge is 0.350 e. The second kappa shape index (κ2) is 7.58. The molecule has 0 spiro atoms. The van der Waals surface area contributed by atoms with Crippen LogP contribution in [-0.4, -0.2) is 31.5 Å². The predicted molar refractivity (Wildman–Crippen MR) is 110 cm³/mol. The molecule has 0 radical (unpaired) electrons. The van der Waals surface area contributed by atoms with Crippen molar-refractivity contribution in [3.63, 3.8) is 0 Å². The van der Waals surface area contributed by atoms with Crippen LogP contribution < -0.4 is 10.2 Å². The Balaban J connectivity index is 1.49. The van der Waals surface area contributed by atoms with Crippen LogP contribution in [0.25, 0.3) is 11.0 Å². The van der Waals surface area contributed by atoms with Crippen LogP contribution in [0.4, 0.5) is 11.8 Å². The van der Waals surface area contributed by atoms with E-state index in [9.17, 15) is 4.79 Å². The lowest BCUT2D eigenvalue weighted by Gasteiger charge is -2.25. The number of nitrogens with zero attached hydrogens (tertiary/aromatic N) is 5. The number of nitrogens with one attached hydrogen (secondary N) is 1. The van der Waals surface area contributed by atoms with E-state index < -0.39 is 0 Å². The summed E-state index contributed by atoms with van der Waals surface area (Å²) in [6.07, 6.45) is 6.00. The van der Waals surface area contributed by atoms with Gasteiger partial charge in [-0.1, -0.05) is 19.9 Å². The summed E-state index contributed by atoms with van der Waals surface area (Å²) in [4.78, 5) is 27.6. The van der Waals surface area contributed by atoms with Gasteiger partial charge in [0.05, 0.1) is 17.4 Å². The fourth-order valence-corrected chi connectivity index (χ4v) is 3.87. The van der Waals surface area contributed by atoms with Crippen molar-refractivity contribution in [2.24, 2.45) is 13.0 Å². The third-order valence-electron chi connectivity index (χ3n) is 5.20. The first kappa shape index (κ1) is 18.4. The standard InChI is InChI=1S/C21H26N6O/c1-14(2)10-16-5-7-20(28)27(16)19-8-9-22-21(25-19)23-12-15-4-6-18-17(11-15)24-13-26(18)3/h4,6,8-9,11,13-14,16H,5,7,10,12H2,1-3H3,(H,22,23,25). The number of amides is 1. The highest BCUT2D eigenvalue weighted by Gasteiger charge is 2.33. The summed E-state index contributed by atoms with van der Waals surface area (Å²) in [5.74, 6) is 1.91. The molecule has 4 rings (SSSR count). The van der Waals surface area contributed by atoms with Crippen LogP contribution in [-0.2, 0) is 18.4 Å². The summed E-state index contributed by atoms with van der Waals surface area (Å²) < 4.78 is 2.00. The topological polar surface area (TPSA) is 75.9 Å². The number of carbonyl (C=O) groups excluding carboxylic acids is 1. The lowest BCUT2D eigenvalue weighted by molar-refractivity contribution is -0.117. The third-order valence-corrected chi connectivity index (χ3v) is 5.20. The zero-order valence-electron chi connectivity index (χ0n) is 16.6. The molecule has 1 N–H and O–H groups in total. The van der Waals surface area contributed by atoms with Crippen molar-refractivity contribution in [1.82, 2.24) is 19.5 Å². The molecule has 1 saturated heterocycles. The van der Waals surface area contributed by atoms with E-state index in [-0.39, 0.29) is 11.9 Å². The van der Waals surface area contributed by atoms with Crippen molar-refractivity contribution in [1.29, 1.82) is 0 Å². The van der Waals surface area contributed by atoms with E-state index >= 15 is 0 Å². The smallest absolute Gasteiger partial charge is 0.228 e. The van der Waals surface area contributed by atoms with E-state index in [4.69, 9.17) is 0 Å². The Morgan fingerprint density at radius 2 is 2.11 bits per heavy atom. The summed E-state index contributed by atoms with van der Waals surface area (Å²) in [5.41, 5.74) is 3.18. The molecule has 0 aliphatic carbocycles. The molecule has 1 aromatic carbocycles. The molecule has 146 valence electrons. The summed E-state index contributed by atoms with van der Waals surface area (Å²) in [7, 11) is 1.98. The minimum Gasteiger partial charge on any atom is -0.350 e. The Morgan fingerprint density at radius 1 is 1.25 bits per heavy atom. The van der Waals surface area contributed by atoms with E-state index in [2.05, 4.69) is 52.3 Å². The highest BCUT2D eigenvalue weighted by molar-refractivity contribution is 5.95. The van der Waals surface area contributed by atoms with E-state index in [1.54, 1.807) is 6.20 Å². The Bertz CT molecular complexity index is 995. The Morgan fingerprint density at radius 3 is 2.93 bits per heavy atom. The molecule has 1 aliphatic rings. The van der Waals surface area contributed by atoms with Crippen molar-refractivity contribution in [2.45, 2.75) is 45.7 Å². The molecule has 0 bridgehead atoms. The normalized spacial score (nSPS) is 17.1. The number of anilines is 2. The summed E-state index contributed by atoms with van der Waals surface area (Å²) >= 11 is 0. The van der Waals surface area contributed by atoms with Gasteiger partial charge in [0.15, 0.2) is 0 Å². The predicted octanol–water partition coefficient (Wildman–Crippen LogP) is 3.52. The number of hydrogen-bond donors (Lipinski definition) is 1. The number of carbonyl (C=O) groups is 1. The number of fused-ring (bicyclic) bond motifs is 1. The molecular weight excluding hydrogens is 352 g/mol. The zero-order valence-corrected chi connectivity index (χ0v) is 16.6. The average molecular weight is 378 g/mol. The molecule has 7 nitrogen and oxygen atoms in total. The lowest BCUT2D eigenvalue weighted by atomic mass is 10.0. The summed E-state index contributed by atoms with van der Waals surface area (Å²) in [5, 5.41) is 3.27. The molecule has 1 unspecified atom stereocenters. The number of aryl methyl sites for hydroxylation is 1. The van der Waals surface area contributed by atoms with E-state index in [0.29, 0.717) is 30.6 Å². The SMILES string of the molecule is CC(C)CC1CCC(=O)N1c1ccnc(NCc2ccc3c(c2)ncn3C)n1. The molecule has 1 atom stereocenters. The Kier molecular flexibility index (Phi) is 4.98. The maximum Gasteiger partial charge on any atom is 0.228 e. The molecular formula is C21H26N6O. The van der Waals surface area contributed by atoms with Gasteiger partial charge in [-0.3, -0.25) is 9.69 Å². The van der Waals surface area contributed by atoms with Gasteiger partial charge < -0.3 is 9.88 Å². The van der Waals surface area contributed by atoms with Crippen LogP contribution >= 0.6 is 0 Å². The van der Waals surface area contributed by atoms with Crippen molar-refractivity contribution < 1.29 is 4.79 Å². The van der Waals surface area contributed by atoms with E-state index in [1.165, 1.54) is 0 Å². The van der Waals surface area contributed by atoms with Gasteiger partial charge in [-0.25, -0.2) is 9.97 Å². The van der Waals surface area contributed by atoms with Crippen molar-refractivity contribution in [3.05, 3.63) is 42.4 Å². The molecule has 3 heterocycles. The molecule has 28 heavy (non-hydrogen) atoms. The van der Waals surface area contributed by atoms with E-state index in [0.717, 1.165) is 29.4 Å². The van der Waals surface area contributed by atoms with E-state index in [1.807, 2.05) is 28.9 Å². The highest BCUT2D eigenvalue weighted by atomic mass is 16.2. The van der Waals surface area contributed by atoms with Gasteiger partial charge in [0.1, 0.15) is 5.82 Å². The van der Waals surface area contributed by atoms with Crippen LogP contribution in [0, 0.1) is 5.92 Å². The van der Waals surface area contributed by atoms with Crippen LogP contribution in [0.1, 0.15) is 38.7 Å². The summed E-state index contributed by atoms with van der Waals surface area (Å²) in [6, 6.07) is 8.25. The van der Waals surface area contributed by atoms with Crippen LogP contribution in [0.3, 0.4) is 0 Å². The lowest BCUT2D eigenvalue weighted by Crippen LogP contribution is -2.34. The fourth-order valence-electron chi connectivity index (χ4n) is 3.87. The van der Waals surface area contributed by atoms with Gasteiger partial charge in [-0.2, -0.15) is 4.98 Å². The first-order chi connectivity index (χ1) is 13.5. The molecule has 2 aromatic heterocycles. The van der Waals surface area contributed by atoms with Crippen LogP contribution in [0.15, 0.2) is 36.8 Å². The Labute approximate surface area is 164 Å². The molecule has 7 heteroatoms. The quantitative estimate of drug-likeness (QED) is 0.710. The number of imidazole rings is 1. The van der Waals surface area contributed by atoms with Crippen molar-refractivity contribution in [3.8, 4) is 0 Å². The third kappa shape index (κ3) is 3.69. The maximum absolute atomic E-state index is 12.4. The zero-order chi connectivity index (χ0) is 19.7. The number of rotatable bonds is 6. The number of aromatic nitrogens is 4. The maximum atomic E-state index is 12.4. The van der Waals surface area contributed by atoms with Gasteiger partial charge in [0, 0.05) is 32.3 Å². The van der Waals surface area contributed by atoms with Crippen molar-refractivity contribution in [2.75, 3.05) is 10.2 Å². The molecule has 3 aromatic rings. The molecule has 0 saturated carbocycles. The molecule has 1 aliphatic heterocycles. The van der Waals surface area contributed by atoms with Crippen LogP contribution in [0.5, 0.6) is 0 Å². The molecule has 1 amide bonds. The van der Waals surface area contributed by atoms with Gasteiger partial charge >= 0.3 is 0 Å². The van der Waals surface area contributed by atoms with Crippen molar-refractivity contribution >= 4 is 28.7 Å². The second-order valence-corrected chi connectivity index (χ2v) is 7.86. The number of hydrogen-bond acceptors (Lipinski definition) is 5. The second-order valence-electron chi connectivity index (χ2n) is 7.86. The fraction of sp³-hybridized carbons (Fsp3) is 0.429. The highest BCUT2D eigenvalue weighted by Crippen LogP contribution is 2.29. The van der Waals surface area contributed by atoms with Gasteiger partial charge in [0.2, 0.25) is 11.9 Å². The minimum atomic E-state index is 0.149. The first-order valence-electron chi connectivity index (χ1n) is 9.80. The first-order valence-corrected chi connectivity index (χ1v) is 9.80. The van der Waals surface area contributed by atoms with Gasteiger partial charge in [-0.05, 0) is 42.5 Å². The Hall–Kier alpha value is -2.96. The van der Waals surface area contributed by atoms with Gasteiger partial charge in [-0.15, -0.1) is 0 Å². The van der Waals surface area contributed by atoms with Crippen LogP contribution in [0.2, 0.25) is 0 Å². The van der Waals surface area contributed by atoms with Gasteiger partial charge in [0.25, 0.3) is 0 Å². The average Bonchev–Trinajstić information content (AvgIpc) is 3.22. The number of benzene rings is 1. The minimum absolute atomic E-state index is 0.149. The molecule has 1 fully saturated rings. The monoisotopic (exact) mass is 378 g/mol. The summed E-state index contributed by atoms with van der Waals surface area (Å²) in [6.45, 7) is 4.97.